The molecule has 1 unspecified atom stereocenters. The van der Waals surface area contributed by atoms with Crippen molar-refractivity contribution in [2.24, 2.45) is 0 Å². The lowest BCUT2D eigenvalue weighted by Gasteiger charge is -2.27. The average molecular weight is 804 g/mol. The molecule has 0 aliphatic carbocycles. The van der Waals surface area contributed by atoms with Gasteiger partial charge in [0.05, 0.1) is 28.1 Å². The Morgan fingerprint density at radius 3 is 2.65 bits per heavy atom. The lowest BCUT2D eigenvalue weighted by molar-refractivity contribution is -0.136. The van der Waals surface area contributed by atoms with Crippen molar-refractivity contribution in [2.45, 2.75) is 88.1 Å². The Morgan fingerprint density at radius 1 is 1.04 bits per heavy atom. The monoisotopic (exact) mass is 803 g/mol. The van der Waals surface area contributed by atoms with Gasteiger partial charge in [-0.2, -0.15) is 0 Å². The van der Waals surface area contributed by atoms with Gasteiger partial charge in [-0.15, -0.1) is 0 Å². The number of nitrogens with zero attached hydrogens (tertiary/aromatic N) is 4. The summed E-state index contributed by atoms with van der Waals surface area (Å²) in [5.41, 5.74) is 7.56. The molecule has 0 saturated carbocycles. The maximum absolute atomic E-state index is 13.3. The van der Waals surface area contributed by atoms with Crippen molar-refractivity contribution in [2.75, 3.05) is 24.2 Å². The minimum atomic E-state index is -1.44. The van der Waals surface area contributed by atoms with Gasteiger partial charge in [0.25, 0.3) is 11.8 Å². The van der Waals surface area contributed by atoms with Crippen molar-refractivity contribution in [1.29, 1.82) is 0 Å². The van der Waals surface area contributed by atoms with Crippen LogP contribution in [0.4, 0.5) is 11.5 Å². The zero-order valence-corrected chi connectivity index (χ0v) is 31.4. The van der Waals surface area contributed by atoms with Crippen molar-refractivity contribution in [3.63, 3.8) is 0 Å². The van der Waals surface area contributed by atoms with E-state index in [0.29, 0.717) is 60.9 Å². The van der Waals surface area contributed by atoms with Crippen LogP contribution in [-0.4, -0.2) is 102 Å². The minimum Gasteiger partial charge on any atom is -0.492 e. The van der Waals surface area contributed by atoms with E-state index in [9.17, 15) is 39.3 Å². The van der Waals surface area contributed by atoms with Crippen molar-refractivity contribution < 1.29 is 48.8 Å². The molecule has 2 saturated heterocycles. The number of amides is 4. The molecule has 300 valence electrons. The van der Waals surface area contributed by atoms with Crippen molar-refractivity contribution >= 4 is 63.6 Å². The van der Waals surface area contributed by atoms with E-state index in [2.05, 4.69) is 20.6 Å². The molecule has 17 nitrogen and oxygen atoms in total. The quantitative estimate of drug-likeness (QED) is 0.0705. The fraction of sp³-hybridized carbons (Fsp3) is 0.410. The Kier molecular flexibility index (Phi) is 11.8. The number of fused-ring (bicyclic) bond motifs is 2. The number of hydrogen-bond donors (Lipinski definition) is 6. The summed E-state index contributed by atoms with van der Waals surface area (Å²) >= 11 is 6.37. The third-order valence-corrected chi connectivity index (χ3v) is 10.8. The van der Waals surface area contributed by atoms with Crippen LogP contribution in [-0.2, 0) is 19.1 Å². The van der Waals surface area contributed by atoms with Crippen LogP contribution in [0.5, 0.6) is 5.75 Å². The second-order valence-corrected chi connectivity index (χ2v) is 14.6. The molecule has 6 atom stereocenters. The van der Waals surface area contributed by atoms with Gasteiger partial charge in [0.15, 0.2) is 6.23 Å². The van der Waals surface area contributed by atoms with Crippen LogP contribution in [0.15, 0.2) is 55.0 Å². The molecule has 4 aromatic rings. The Hall–Kier alpha value is -5.46. The average Bonchev–Trinajstić information content (AvgIpc) is 3.83. The van der Waals surface area contributed by atoms with E-state index in [1.54, 1.807) is 42.6 Å². The van der Waals surface area contributed by atoms with Crippen molar-refractivity contribution in [1.82, 2.24) is 24.8 Å². The van der Waals surface area contributed by atoms with Gasteiger partial charge >= 0.3 is 0 Å². The number of aliphatic hydroxyl groups is 3. The number of carbonyl (C=O) groups is 5. The molecule has 0 radical (unpaired) electrons. The molecule has 5 heterocycles. The van der Waals surface area contributed by atoms with Gasteiger partial charge < -0.3 is 40.4 Å². The van der Waals surface area contributed by atoms with Gasteiger partial charge in [-0.05, 0) is 61.6 Å². The number of aromatic nitrogens is 3. The third-order valence-electron chi connectivity index (χ3n) is 10.5. The first-order valence-corrected chi connectivity index (χ1v) is 19.1. The van der Waals surface area contributed by atoms with E-state index in [4.69, 9.17) is 26.8 Å². The third kappa shape index (κ3) is 8.06. The summed E-state index contributed by atoms with van der Waals surface area (Å²) in [7, 11) is 0. The number of rotatable bonds is 16. The summed E-state index contributed by atoms with van der Waals surface area (Å²) in [6.45, 7) is 0.683. The molecular formula is C39H42ClN7O10. The summed E-state index contributed by atoms with van der Waals surface area (Å²) in [5.74, 6) is -1.63. The number of halogens is 1. The van der Waals surface area contributed by atoms with Gasteiger partial charge in [-0.1, -0.05) is 30.2 Å². The summed E-state index contributed by atoms with van der Waals surface area (Å²) in [6, 6.07) is 10.2. The van der Waals surface area contributed by atoms with E-state index < -0.39 is 60.3 Å². The number of imide groups is 2. The molecule has 2 fully saturated rings. The predicted octanol–water partition coefficient (Wildman–Crippen LogP) is 2.82. The highest BCUT2D eigenvalue weighted by Crippen LogP contribution is 2.39. The molecule has 2 aromatic carbocycles. The molecule has 0 spiro atoms. The maximum Gasteiger partial charge on any atom is 0.264 e. The molecule has 7 rings (SSSR count). The maximum atomic E-state index is 13.3. The second kappa shape index (κ2) is 17.0. The first kappa shape index (κ1) is 39.8. The molecule has 0 bridgehead atoms. The van der Waals surface area contributed by atoms with Gasteiger partial charge in [0, 0.05) is 37.7 Å². The summed E-state index contributed by atoms with van der Waals surface area (Å²) in [5, 5.41) is 39.2. The predicted molar refractivity (Wildman–Crippen MR) is 204 cm³/mol. The van der Waals surface area contributed by atoms with Gasteiger partial charge in [0.1, 0.15) is 59.8 Å². The molecular weight excluding hydrogens is 762 g/mol. The van der Waals surface area contributed by atoms with E-state index in [0.717, 1.165) is 11.3 Å². The lowest BCUT2D eigenvalue weighted by atomic mass is 9.99. The fourth-order valence-corrected chi connectivity index (χ4v) is 7.63. The number of anilines is 2. The Bertz CT molecular complexity index is 2210. The number of nitrogens with two attached hydrogens (primary N) is 1. The highest BCUT2D eigenvalue weighted by atomic mass is 35.5. The van der Waals surface area contributed by atoms with Crippen LogP contribution < -0.4 is 21.1 Å². The van der Waals surface area contributed by atoms with Crippen LogP contribution in [0, 0.1) is 0 Å². The van der Waals surface area contributed by atoms with Crippen molar-refractivity contribution in [3.05, 3.63) is 76.7 Å². The summed E-state index contributed by atoms with van der Waals surface area (Å²) in [6.07, 6.45) is -0.201. The van der Waals surface area contributed by atoms with Crippen LogP contribution in [0.2, 0.25) is 5.02 Å². The smallest absolute Gasteiger partial charge is 0.264 e. The molecule has 18 heteroatoms. The molecule has 2 aromatic heterocycles. The number of nitrogens with one attached hydrogen (secondary N) is 2. The zero-order valence-electron chi connectivity index (χ0n) is 30.7. The minimum absolute atomic E-state index is 0.0439. The molecule has 3 aliphatic heterocycles. The summed E-state index contributed by atoms with van der Waals surface area (Å²) in [4.78, 5) is 72.0. The number of Topliss-reactive ketones (excluding diaryl/α,β-unsaturated/α-hetero) is 1. The largest absolute Gasteiger partial charge is 0.492 e. The van der Waals surface area contributed by atoms with Crippen LogP contribution in [0.1, 0.15) is 90.0 Å². The lowest BCUT2D eigenvalue weighted by Crippen LogP contribution is -2.54. The Labute approximate surface area is 331 Å². The topological polar surface area (TPSA) is 249 Å². The molecule has 57 heavy (non-hydrogen) atoms. The molecule has 4 amide bonds. The van der Waals surface area contributed by atoms with E-state index in [1.165, 1.54) is 17.0 Å². The fourth-order valence-electron chi connectivity index (χ4n) is 7.46. The molecule has 3 aliphatic rings. The number of hydrogen-bond acceptors (Lipinski definition) is 14. The SMILES string of the molecule is Nc1ncnc2c1ccn2[C@@H]1O[C@H]([C@H](O)c2ccc(Cl)c(OCCCC(=O)CCCCCNc3cccc4c3C(=O)N(C3CCC(=O)NC3=O)C4=O)c2)[C@@H](O)[C@H]1O. The van der Waals surface area contributed by atoms with Crippen LogP contribution >= 0.6 is 11.6 Å². The Morgan fingerprint density at radius 2 is 1.84 bits per heavy atom. The first-order valence-electron chi connectivity index (χ1n) is 18.7. The van der Waals surface area contributed by atoms with Gasteiger partial charge in [-0.25, -0.2) is 9.97 Å². The number of nitrogen functional groups attached to an aromatic ring is 1. The van der Waals surface area contributed by atoms with Gasteiger partial charge in [0.2, 0.25) is 11.8 Å². The summed E-state index contributed by atoms with van der Waals surface area (Å²) < 4.78 is 13.3. The normalized spacial score (nSPS) is 22.5. The van der Waals surface area contributed by atoms with E-state index in [-0.39, 0.29) is 52.9 Å². The number of ketones is 1. The number of aliphatic hydroxyl groups excluding tert-OH is 3. The standard InChI is InChI=1S/C39H42ClN7O10/c40-24-11-10-20(30(50)33-31(51)32(52)39(57-33)46-16-14-23-34(41)43-19-44-35(23)46)18-27(24)56-17-5-7-21(48)6-2-1-3-15-42-25-9-4-8-22-29(25)38(55)47(37(22)54)26-12-13-28(49)45-36(26)53/h4,8-11,14,16,18-19,26,30-33,39,42,50-52H,1-3,5-7,12-13,15,17H2,(H2,41,43,44)(H,45,49,53)/t26?,30-,31+,32-,33-,39-/m1/s1. The molecule has 7 N–H and O–H groups in total. The second-order valence-electron chi connectivity index (χ2n) is 14.2. The van der Waals surface area contributed by atoms with Crippen molar-refractivity contribution in [3.8, 4) is 5.75 Å². The number of benzene rings is 2. The number of carbonyl (C=O) groups excluding carboxylic acids is 5. The highest BCUT2D eigenvalue weighted by molar-refractivity contribution is 6.32. The number of piperidine rings is 1. The Balaban J connectivity index is 0.828. The zero-order chi connectivity index (χ0) is 40.4. The van der Waals surface area contributed by atoms with Gasteiger partial charge in [-0.3, -0.25) is 34.2 Å². The van der Waals surface area contributed by atoms with Crippen LogP contribution in [0.3, 0.4) is 0 Å². The van der Waals surface area contributed by atoms with E-state index >= 15 is 0 Å². The number of unbranched alkanes of at least 4 members (excludes halogenated alkanes) is 2. The number of ether oxygens (including phenoxy) is 2. The van der Waals surface area contributed by atoms with E-state index in [1.807, 2.05) is 0 Å². The first-order chi connectivity index (χ1) is 27.4. The highest BCUT2D eigenvalue weighted by Gasteiger charge is 2.48. The van der Waals surface area contributed by atoms with Crippen LogP contribution in [0.25, 0.3) is 11.0 Å².